The number of esters is 1. The summed E-state index contributed by atoms with van der Waals surface area (Å²) < 4.78 is 45.2. The molecule has 1 aromatic carbocycles. The fourth-order valence-electron chi connectivity index (χ4n) is 3.06. The molecule has 0 bridgehead atoms. The largest absolute Gasteiger partial charge is 0.461 e. The molecule has 0 amide bonds. The summed E-state index contributed by atoms with van der Waals surface area (Å²) in [7, 11) is 0. The van der Waals surface area contributed by atoms with Crippen molar-refractivity contribution < 1.29 is 22.7 Å². The van der Waals surface area contributed by atoms with E-state index in [9.17, 15) is 18.0 Å². The molecule has 0 N–H and O–H groups in total. The van der Waals surface area contributed by atoms with Crippen LogP contribution < -0.4 is 0 Å². The molecule has 0 heterocycles. The van der Waals surface area contributed by atoms with Crippen molar-refractivity contribution in [2.24, 2.45) is 11.8 Å². The number of hydrogen-bond donors (Lipinski definition) is 0. The van der Waals surface area contributed by atoms with Crippen LogP contribution >= 0.6 is 0 Å². The van der Waals surface area contributed by atoms with Gasteiger partial charge in [-0.3, -0.25) is 4.79 Å². The first-order valence-corrected chi connectivity index (χ1v) is 10.7. The third kappa shape index (κ3) is 11.7. The normalized spacial score (nSPS) is 13.5. The number of benzene rings is 1. The highest BCUT2D eigenvalue weighted by molar-refractivity contribution is 5.69. The van der Waals surface area contributed by atoms with Crippen LogP contribution in [0.2, 0.25) is 0 Å². The molecule has 0 aromatic heterocycles. The number of unbranched alkanes of at least 4 members (excludes halogenated alkanes) is 3. The van der Waals surface area contributed by atoms with Crippen molar-refractivity contribution >= 4 is 5.97 Å². The highest BCUT2D eigenvalue weighted by Gasteiger charge is 2.41. The molecule has 2 unspecified atom stereocenters. The zero-order valence-electron chi connectivity index (χ0n) is 18.0. The molecule has 30 heavy (non-hydrogen) atoms. The summed E-state index contributed by atoms with van der Waals surface area (Å²) in [6, 6.07) is 9.35. The SMILES string of the molecule is CCCCC/C=C/C(C)C(CCC#CCCC(=O)OCc1ccccc1)C(F)(F)F. The van der Waals surface area contributed by atoms with Gasteiger partial charge in [0.05, 0.1) is 12.3 Å². The van der Waals surface area contributed by atoms with Crippen LogP contribution in [0.15, 0.2) is 42.5 Å². The van der Waals surface area contributed by atoms with Gasteiger partial charge in [-0.15, -0.1) is 11.8 Å². The molecule has 2 atom stereocenters. The maximum absolute atomic E-state index is 13.4. The molecule has 0 aliphatic heterocycles. The van der Waals surface area contributed by atoms with E-state index in [1.54, 1.807) is 13.0 Å². The Kier molecular flexibility index (Phi) is 12.7. The van der Waals surface area contributed by atoms with Crippen LogP contribution in [0, 0.1) is 23.7 Å². The lowest BCUT2D eigenvalue weighted by atomic mass is 9.88. The molecule has 5 heteroatoms. The number of hydrogen-bond acceptors (Lipinski definition) is 2. The summed E-state index contributed by atoms with van der Waals surface area (Å²) in [5.74, 6) is 3.24. The average Bonchev–Trinajstić information content (AvgIpc) is 2.71. The third-order valence-corrected chi connectivity index (χ3v) is 4.87. The number of allylic oxidation sites excluding steroid dienone is 2. The lowest BCUT2D eigenvalue weighted by molar-refractivity contribution is -0.184. The Hall–Kier alpha value is -2.22. The first-order valence-electron chi connectivity index (χ1n) is 10.7. The molecule has 0 aliphatic carbocycles. The molecule has 0 aliphatic rings. The summed E-state index contributed by atoms with van der Waals surface area (Å²) >= 11 is 0. The molecule has 2 nitrogen and oxygen atoms in total. The van der Waals surface area contributed by atoms with E-state index in [1.165, 1.54) is 0 Å². The van der Waals surface area contributed by atoms with Gasteiger partial charge >= 0.3 is 12.1 Å². The molecular weight excluding hydrogens is 389 g/mol. The lowest BCUT2D eigenvalue weighted by Gasteiger charge is -2.23. The third-order valence-electron chi connectivity index (χ3n) is 4.87. The van der Waals surface area contributed by atoms with Crippen LogP contribution in [0.1, 0.15) is 70.8 Å². The van der Waals surface area contributed by atoms with Crippen molar-refractivity contribution in [1.82, 2.24) is 0 Å². The average molecular weight is 423 g/mol. The maximum Gasteiger partial charge on any atom is 0.392 e. The Balaban J connectivity index is 2.34. The van der Waals surface area contributed by atoms with Gasteiger partial charge in [-0.25, -0.2) is 0 Å². The second-order valence-corrected chi connectivity index (χ2v) is 7.47. The van der Waals surface area contributed by atoms with Crippen molar-refractivity contribution in [2.75, 3.05) is 0 Å². The summed E-state index contributed by atoms with van der Waals surface area (Å²) in [6.07, 6.45) is 3.89. The Morgan fingerprint density at radius 2 is 1.83 bits per heavy atom. The van der Waals surface area contributed by atoms with Gasteiger partial charge in [0.2, 0.25) is 0 Å². The molecule has 0 radical (unpaired) electrons. The van der Waals surface area contributed by atoms with E-state index in [0.717, 1.165) is 31.2 Å². The Morgan fingerprint density at radius 1 is 1.13 bits per heavy atom. The molecule has 1 aromatic rings. The molecule has 0 saturated carbocycles. The van der Waals surface area contributed by atoms with Crippen LogP contribution in [-0.2, 0) is 16.1 Å². The zero-order chi connectivity index (χ0) is 22.2. The molecule has 0 saturated heterocycles. The van der Waals surface area contributed by atoms with E-state index in [4.69, 9.17) is 4.74 Å². The van der Waals surface area contributed by atoms with E-state index in [2.05, 4.69) is 18.8 Å². The van der Waals surface area contributed by atoms with Gasteiger partial charge in [-0.2, -0.15) is 13.2 Å². The second kappa shape index (κ2) is 14.7. The van der Waals surface area contributed by atoms with Crippen molar-refractivity contribution in [3.63, 3.8) is 0 Å². The zero-order valence-corrected chi connectivity index (χ0v) is 18.0. The fraction of sp³-hybridized carbons (Fsp3) is 0.560. The highest BCUT2D eigenvalue weighted by atomic mass is 19.4. The Labute approximate surface area is 178 Å². The van der Waals surface area contributed by atoms with Gasteiger partial charge in [-0.05, 0) is 30.7 Å². The Bertz CT molecular complexity index is 684. The number of carbonyl (C=O) groups is 1. The number of rotatable bonds is 12. The van der Waals surface area contributed by atoms with Crippen LogP contribution in [0.25, 0.3) is 0 Å². The predicted molar refractivity (Wildman–Crippen MR) is 114 cm³/mol. The van der Waals surface area contributed by atoms with Crippen molar-refractivity contribution in [3.8, 4) is 11.8 Å². The fourth-order valence-corrected chi connectivity index (χ4v) is 3.06. The monoisotopic (exact) mass is 422 g/mol. The Morgan fingerprint density at radius 3 is 2.50 bits per heavy atom. The van der Waals surface area contributed by atoms with Crippen molar-refractivity contribution in [2.45, 2.75) is 78.0 Å². The summed E-state index contributed by atoms with van der Waals surface area (Å²) in [6.45, 7) is 3.93. The van der Waals surface area contributed by atoms with Gasteiger partial charge in [0, 0.05) is 12.8 Å². The summed E-state index contributed by atoms with van der Waals surface area (Å²) in [5.41, 5.74) is 0.906. The summed E-state index contributed by atoms with van der Waals surface area (Å²) in [5, 5.41) is 0. The van der Waals surface area contributed by atoms with E-state index in [0.29, 0.717) is 0 Å². The predicted octanol–water partition coefficient (Wildman–Crippen LogP) is 7.24. The molecule has 166 valence electrons. The minimum Gasteiger partial charge on any atom is -0.461 e. The van der Waals surface area contributed by atoms with Gasteiger partial charge in [0.1, 0.15) is 6.61 Å². The van der Waals surface area contributed by atoms with Gasteiger partial charge in [-0.1, -0.05) is 69.2 Å². The van der Waals surface area contributed by atoms with Gasteiger partial charge < -0.3 is 4.74 Å². The number of carbonyl (C=O) groups excluding carboxylic acids is 1. The van der Waals surface area contributed by atoms with E-state index in [-0.39, 0.29) is 38.3 Å². The molecule has 1 rings (SSSR count). The first kappa shape index (κ1) is 25.8. The standard InChI is InChI=1S/C25H33F3O2/c1-3-4-5-6-10-15-21(2)23(25(26,27)28)18-13-7-8-14-19-24(29)30-20-22-16-11-9-12-17-22/h9-12,15-17,21,23H,3-6,13-14,18-20H2,1-2H3/b15-10+. The second-order valence-electron chi connectivity index (χ2n) is 7.47. The minimum absolute atomic E-state index is 0.0323. The molecule has 0 fully saturated rings. The van der Waals surface area contributed by atoms with Crippen molar-refractivity contribution in [3.05, 3.63) is 48.0 Å². The van der Waals surface area contributed by atoms with Crippen LogP contribution in [-0.4, -0.2) is 12.1 Å². The highest BCUT2D eigenvalue weighted by Crippen LogP contribution is 2.36. The van der Waals surface area contributed by atoms with Gasteiger partial charge in [0.15, 0.2) is 0 Å². The van der Waals surface area contributed by atoms with Crippen LogP contribution in [0.4, 0.5) is 13.2 Å². The van der Waals surface area contributed by atoms with Crippen LogP contribution in [0.5, 0.6) is 0 Å². The summed E-state index contributed by atoms with van der Waals surface area (Å²) in [4.78, 5) is 11.7. The van der Waals surface area contributed by atoms with E-state index >= 15 is 0 Å². The van der Waals surface area contributed by atoms with Crippen LogP contribution in [0.3, 0.4) is 0 Å². The van der Waals surface area contributed by atoms with E-state index in [1.807, 2.05) is 36.4 Å². The quantitative estimate of drug-likeness (QED) is 0.154. The topological polar surface area (TPSA) is 26.3 Å². The maximum atomic E-state index is 13.4. The molecular formula is C25H33F3O2. The van der Waals surface area contributed by atoms with E-state index < -0.39 is 18.0 Å². The number of ether oxygens (including phenoxy) is 1. The number of alkyl halides is 3. The molecule has 0 spiro atoms. The van der Waals surface area contributed by atoms with Gasteiger partial charge in [0.25, 0.3) is 0 Å². The van der Waals surface area contributed by atoms with Crippen molar-refractivity contribution in [1.29, 1.82) is 0 Å². The first-order chi connectivity index (χ1) is 14.3. The smallest absolute Gasteiger partial charge is 0.392 e. The minimum atomic E-state index is -4.24. The number of halogens is 3. The lowest BCUT2D eigenvalue weighted by Crippen LogP contribution is -2.28.